The predicted octanol–water partition coefficient (Wildman–Crippen LogP) is 3.51. The average molecular weight is 395 g/mol. The third kappa shape index (κ3) is 6.31. The maximum atomic E-state index is 12.0. The van der Waals surface area contributed by atoms with Crippen LogP contribution in [0.4, 0.5) is 0 Å². The van der Waals surface area contributed by atoms with Crippen molar-refractivity contribution in [3.8, 4) is 5.75 Å². The lowest BCUT2D eigenvalue weighted by atomic mass is 10.1. The molecule has 2 rings (SSSR count). The molecule has 1 amide bonds. The zero-order valence-corrected chi connectivity index (χ0v) is 15.1. The van der Waals surface area contributed by atoms with E-state index in [-0.39, 0.29) is 13.0 Å². The first kappa shape index (κ1) is 19.6. The van der Waals surface area contributed by atoms with E-state index in [4.69, 9.17) is 33.0 Å². The van der Waals surface area contributed by atoms with Gasteiger partial charge in [-0.25, -0.2) is 0 Å². The number of rotatable bonds is 8. The predicted molar refractivity (Wildman–Crippen MR) is 99.9 cm³/mol. The largest absolute Gasteiger partial charge is 0.482 e. The van der Waals surface area contributed by atoms with Crippen LogP contribution < -0.4 is 15.6 Å². The van der Waals surface area contributed by atoms with Crippen LogP contribution in [0.25, 0.3) is 5.70 Å². The van der Waals surface area contributed by atoms with Crippen molar-refractivity contribution in [1.82, 2.24) is 10.9 Å². The Bertz CT molecular complexity index is 810. The number of hydrogen-bond acceptors (Lipinski definition) is 4. The van der Waals surface area contributed by atoms with Gasteiger partial charge in [-0.1, -0.05) is 53.5 Å². The van der Waals surface area contributed by atoms with E-state index in [2.05, 4.69) is 10.9 Å². The fraction of sp³-hybridized carbons (Fsp3) is 0.111. The Morgan fingerprint density at radius 1 is 1.08 bits per heavy atom. The molecule has 2 aromatic rings. The van der Waals surface area contributed by atoms with Gasteiger partial charge < -0.3 is 9.84 Å². The van der Waals surface area contributed by atoms with E-state index in [9.17, 15) is 9.59 Å². The van der Waals surface area contributed by atoms with Crippen molar-refractivity contribution < 1.29 is 19.4 Å². The topological polar surface area (TPSA) is 87.7 Å². The van der Waals surface area contributed by atoms with Gasteiger partial charge >= 0.3 is 5.97 Å². The van der Waals surface area contributed by atoms with Gasteiger partial charge in [-0.05, 0) is 29.8 Å². The minimum atomic E-state index is -0.979. The number of amides is 1. The third-order valence-corrected chi connectivity index (χ3v) is 3.69. The summed E-state index contributed by atoms with van der Waals surface area (Å²) in [6.07, 6.45) is 1.28. The second-order valence-electron chi connectivity index (χ2n) is 5.12. The number of benzene rings is 2. The van der Waals surface area contributed by atoms with Gasteiger partial charge in [0.05, 0.1) is 17.1 Å². The normalized spacial score (nSPS) is 10.9. The smallest absolute Gasteiger partial charge is 0.307 e. The second-order valence-corrected chi connectivity index (χ2v) is 5.96. The van der Waals surface area contributed by atoms with Crippen LogP contribution in [0.15, 0.2) is 54.6 Å². The van der Waals surface area contributed by atoms with Gasteiger partial charge in [0.15, 0.2) is 6.61 Å². The third-order valence-electron chi connectivity index (χ3n) is 3.15. The summed E-state index contributed by atoms with van der Waals surface area (Å²) in [5, 5.41) is 9.60. The number of carbonyl (C=O) groups excluding carboxylic acids is 1. The van der Waals surface area contributed by atoms with Crippen molar-refractivity contribution in [1.29, 1.82) is 0 Å². The average Bonchev–Trinajstić information content (AvgIpc) is 2.61. The van der Waals surface area contributed by atoms with Crippen LogP contribution >= 0.6 is 23.2 Å². The minimum Gasteiger partial charge on any atom is -0.482 e. The molecule has 26 heavy (non-hydrogen) atoms. The Kier molecular flexibility index (Phi) is 7.32. The quantitative estimate of drug-likeness (QED) is 0.596. The highest BCUT2D eigenvalue weighted by molar-refractivity contribution is 6.35. The number of hydrogen-bond donors (Lipinski definition) is 3. The molecule has 0 saturated carbocycles. The van der Waals surface area contributed by atoms with Crippen molar-refractivity contribution >= 4 is 40.8 Å². The Morgan fingerprint density at radius 3 is 2.46 bits per heavy atom. The summed E-state index contributed by atoms with van der Waals surface area (Å²) in [6, 6.07) is 13.7. The Balaban J connectivity index is 1.94. The van der Waals surface area contributed by atoms with Gasteiger partial charge in [0.2, 0.25) is 0 Å². The summed E-state index contributed by atoms with van der Waals surface area (Å²) in [6.45, 7) is -0.282. The maximum Gasteiger partial charge on any atom is 0.307 e. The van der Waals surface area contributed by atoms with Crippen LogP contribution in [0.1, 0.15) is 12.0 Å². The molecule has 3 N–H and O–H groups in total. The molecule has 0 spiro atoms. The monoisotopic (exact) mass is 394 g/mol. The Morgan fingerprint density at radius 2 is 1.81 bits per heavy atom. The van der Waals surface area contributed by atoms with Gasteiger partial charge in [0.1, 0.15) is 5.75 Å². The highest BCUT2D eigenvalue weighted by Gasteiger charge is 2.08. The summed E-state index contributed by atoms with van der Waals surface area (Å²) in [7, 11) is 0. The highest BCUT2D eigenvalue weighted by Crippen LogP contribution is 2.27. The number of hydrazine groups is 1. The molecule has 0 aliphatic heterocycles. The van der Waals surface area contributed by atoms with E-state index in [1.807, 2.05) is 6.07 Å². The molecule has 0 bridgehead atoms. The number of carboxylic acids is 1. The molecular weight excluding hydrogens is 379 g/mol. The number of carbonyl (C=O) groups is 2. The van der Waals surface area contributed by atoms with Crippen molar-refractivity contribution in [3.05, 3.63) is 70.2 Å². The molecule has 0 unspecified atom stereocenters. The van der Waals surface area contributed by atoms with Crippen LogP contribution in [-0.4, -0.2) is 23.6 Å². The van der Waals surface area contributed by atoms with Gasteiger partial charge in [-0.15, -0.1) is 0 Å². The van der Waals surface area contributed by atoms with Crippen molar-refractivity contribution in [3.63, 3.8) is 0 Å². The number of ether oxygens (including phenoxy) is 1. The number of carboxylic acid groups (broad SMARTS) is 1. The van der Waals surface area contributed by atoms with E-state index in [0.717, 1.165) is 5.56 Å². The SMILES string of the molecule is O=C(O)CC=C(NNC(=O)COc1ccc(Cl)cc1Cl)c1ccccc1. The van der Waals surface area contributed by atoms with Crippen LogP contribution in [0, 0.1) is 0 Å². The Labute approximate surface area is 160 Å². The van der Waals surface area contributed by atoms with Crippen LogP contribution in [-0.2, 0) is 9.59 Å². The lowest BCUT2D eigenvalue weighted by Gasteiger charge is -2.13. The second kappa shape index (κ2) is 9.70. The Hall–Kier alpha value is -2.70. The molecule has 6 nitrogen and oxygen atoms in total. The molecule has 8 heteroatoms. The lowest BCUT2D eigenvalue weighted by molar-refractivity contribution is -0.136. The van der Waals surface area contributed by atoms with Gasteiger partial charge in [0, 0.05) is 5.02 Å². The zero-order chi connectivity index (χ0) is 18.9. The fourth-order valence-corrected chi connectivity index (χ4v) is 2.42. The first-order valence-electron chi connectivity index (χ1n) is 7.56. The first-order chi connectivity index (χ1) is 12.5. The highest BCUT2D eigenvalue weighted by atomic mass is 35.5. The molecule has 0 fully saturated rings. The minimum absolute atomic E-state index is 0.190. The first-order valence-corrected chi connectivity index (χ1v) is 8.31. The van der Waals surface area contributed by atoms with Gasteiger partial charge in [-0.2, -0.15) is 0 Å². The van der Waals surface area contributed by atoms with Crippen molar-refractivity contribution in [2.45, 2.75) is 6.42 Å². The standard InChI is InChI=1S/C18H16Cl2N2O4/c19-13-6-8-16(14(20)10-13)26-11-17(23)22-21-15(7-9-18(24)25)12-4-2-1-3-5-12/h1-8,10,21H,9,11H2,(H,22,23)(H,24,25). The van der Waals surface area contributed by atoms with E-state index >= 15 is 0 Å². The van der Waals surface area contributed by atoms with E-state index in [1.165, 1.54) is 12.1 Å². The molecule has 0 radical (unpaired) electrons. The summed E-state index contributed by atoms with van der Waals surface area (Å²) < 4.78 is 5.33. The number of nitrogens with one attached hydrogen (secondary N) is 2. The van der Waals surface area contributed by atoms with Crippen LogP contribution in [0.5, 0.6) is 5.75 Å². The summed E-state index contributed by atoms with van der Waals surface area (Å²) in [5.41, 5.74) is 6.37. The van der Waals surface area contributed by atoms with Crippen LogP contribution in [0.3, 0.4) is 0 Å². The van der Waals surface area contributed by atoms with E-state index in [0.29, 0.717) is 21.5 Å². The molecule has 2 aromatic carbocycles. The van der Waals surface area contributed by atoms with E-state index < -0.39 is 11.9 Å². The van der Waals surface area contributed by atoms with Crippen LogP contribution in [0.2, 0.25) is 10.0 Å². The molecule has 0 saturated heterocycles. The zero-order valence-electron chi connectivity index (χ0n) is 13.5. The van der Waals surface area contributed by atoms with Gasteiger partial charge in [0.25, 0.3) is 5.91 Å². The molecule has 0 aliphatic rings. The molecular formula is C18H16Cl2N2O4. The molecule has 0 aromatic heterocycles. The molecule has 0 aliphatic carbocycles. The summed E-state index contributed by atoms with van der Waals surface area (Å²) >= 11 is 11.8. The van der Waals surface area contributed by atoms with Gasteiger partial charge in [-0.3, -0.25) is 20.4 Å². The van der Waals surface area contributed by atoms with Crippen molar-refractivity contribution in [2.75, 3.05) is 6.61 Å². The fourth-order valence-electron chi connectivity index (χ4n) is 1.96. The molecule has 0 atom stereocenters. The summed E-state index contributed by atoms with van der Waals surface area (Å²) in [4.78, 5) is 22.7. The molecule has 136 valence electrons. The number of halogens is 2. The summed E-state index contributed by atoms with van der Waals surface area (Å²) in [5.74, 6) is -1.11. The lowest BCUT2D eigenvalue weighted by Crippen LogP contribution is -2.39. The maximum absolute atomic E-state index is 12.0. The molecule has 0 heterocycles. The van der Waals surface area contributed by atoms with Crippen molar-refractivity contribution in [2.24, 2.45) is 0 Å². The number of aliphatic carboxylic acids is 1. The van der Waals surface area contributed by atoms with E-state index in [1.54, 1.807) is 36.4 Å².